The summed E-state index contributed by atoms with van der Waals surface area (Å²) in [6.07, 6.45) is 7.86. The van der Waals surface area contributed by atoms with Crippen molar-refractivity contribution in [1.82, 2.24) is 9.55 Å². The van der Waals surface area contributed by atoms with E-state index in [1.165, 1.54) is 49.9 Å². The van der Waals surface area contributed by atoms with Gasteiger partial charge in [0.25, 0.3) is 0 Å². The lowest BCUT2D eigenvalue weighted by atomic mass is 9.86. The Kier molecular flexibility index (Phi) is 3.05. The molecular formula is C13H22N4. The lowest BCUT2D eigenvalue weighted by Gasteiger charge is -2.21. The largest absolute Gasteiger partial charge is 0.356 e. The van der Waals surface area contributed by atoms with E-state index < -0.39 is 0 Å². The highest BCUT2D eigenvalue weighted by Crippen LogP contribution is 2.35. The SMILES string of the molecule is NCc1c(C2CCCCC2)nc2n1CCCN2. The molecule has 1 aliphatic heterocycles. The fourth-order valence-electron chi connectivity index (χ4n) is 3.24. The maximum atomic E-state index is 5.94. The van der Waals surface area contributed by atoms with Crippen LogP contribution >= 0.6 is 0 Å². The maximum Gasteiger partial charge on any atom is 0.203 e. The molecule has 94 valence electrons. The number of fused-ring (bicyclic) bond motifs is 1. The molecule has 1 aromatic rings. The van der Waals surface area contributed by atoms with E-state index in [-0.39, 0.29) is 0 Å². The van der Waals surface area contributed by atoms with E-state index in [9.17, 15) is 0 Å². The molecule has 1 aromatic heterocycles. The normalized spacial score (nSPS) is 21.0. The smallest absolute Gasteiger partial charge is 0.203 e. The highest BCUT2D eigenvalue weighted by atomic mass is 15.2. The molecule has 0 amide bonds. The molecule has 1 fully saturated rings. The van der Waals surface area contributed by atoms with Gasteiger partial charge in [-0.05, 0) is 19.3 Å². The van der Waals surface area contributed by atoms with Gasteiger partial charge < -0.3 is 15.6 Å². The second-order valence-electron chi connectivity index (χ2n) is 5.24. The average molecular weight is 234 g/mol. The third kappa shape index (κ3) is 1.95. The van der Waals surface area contributed by atoms with Gasteiger partial charge in [-0.3, -0.25) is 0 Å². The highest BCUT2D eigenvalue weighted by molar-refractivity contribution is 5.37. The number of rotatable bonds is 2. The van der Waals surface area contributed by atoms with Crippen LogP contribution in [0.5, 0.6) is 0 Å². The van der Waals surface area contributed by atoms with Gasteiger partial charge in [0.05, 0.1) is 11.4 Å². The Labute approximate surface area is 103 Å². The summed E-state index contributed by atoms with van der Waals surface area (Å²) >= 11 is 0. The molecule has 3 N–H and O–H groups in total. The minimum absolute atomic E-state index is 0.626. The van der Waals surface area contributed by atoms with Crippen molar-refractivity contribution < 1.29 is 0 Å². The van der Waals surface area contributed by atoms with Gasteiger partial charge in [0.2, 0.25) is 5.95 Å². The van der Waals surface area contributed by atoms with Gasteiger partial charge in [-0.1, -0.05) is 19.3 Å². The number of anilines is 1. The Morgan fingerprint density at radius 2 is 2.06 bits per heavy atom. The van der Waals surface area contributed by atoms with Crippen LogP contribution < -0.4 is 11.1 Å². The average Bonchev–Trinajstić information content (AvgIpc) is 2.78. The summed E-state index contributed by atoms with van der Waals surface area (Å²) in [5.74, 6) is 1.71. The van der Waals surface area contributed by atoms with E-state index >= 15 is 0 Å². The Morgan fingerprint density at radius 3 is 2.82 bits per heavy atom. The van der Waals surface area contributed by atoms with Crippen molar-refractivity contribution in [3.05, 3.63) is 11.4 Å². The molecule has 0 radical (unpaired) electrons. The number of aromatic nitrogens is 2. The van der Waals surface area contributed by atoms with Gasteiger partial charge in [0, 0.05) is 25.6 Å². The fourth-order valence-corrected chi connectivity index (χ4v) is 3.24. The van der Waals surface area contributed by atoms with Gasteiger partial charge in [0.1, 0.15) is 0 Å². The van der Waals surface area contributed by atoms with Crippen molar-refractivity contribution in [3.63, 3.8) is 0 Å². The van der Waals surface area contributed by atoms with E-state index in [4.69, 9.17) is 10.7 Å². The molecule has 0 bridgehead atoms. The Morgan fingerprint density at radius 1 is 1.24 bits per heavy atom. The third-order valence-corrected chi connectivity index (χ3v) is 4.13. The Balaban J connectivity index is 1.94. The molecule has 1 saturated carbocycles. The summed E-state index contributed by atoms with van der Waals surface area (Å²) in [6, 6.07) is 0. The van der Waals surface area contributed by atoms with Crippen molar-refractivity contribution in [3.8, 4) is 0 Å². The number of nitrogens with two attached hydrogens (primary N) is 1. The quantitative estimate of drug-likeness (QED) is 0.825. The first kappa shape index (κ1) is 11.1. The molecule has 3 rings (SSSR count). The molecule has 0 aromatic carbocycles. The number of hydrogen-bond donors (Lipinski definition) is 2. The molecule has 0 saturated heterocycles. The van der Waals surface area contributed by atoms with E-state index in [0.29, 0.717) is 12.5 Å². The minimum Gasteiger partial charge on any atom is -0.356 e. The van der Waals surface area contributed by atoms with E-state index in [1.807, 2.05) is 0 Å². The van der Waals surface area contributed by atoms with Crippen molar-refractivity contribution in [2.45, 2.75) is 57.5 Å². The zero-order chi connectivity index (χ0) is 11.7. The van der Waals surface area contributed by atoms with Gasteiger partial charge in [0.15, 0.2) is 0 Å². The topological polar surface area (TPSA) is 55.9 Å². The van der Waals surface area contributed by atoms with Crippen LogP contribution in [0.4, 0.5) is 5.95 Å². The fraction of sp³-hybridized carbons (Fsp3) is 0.769. The molecule has 4 heteroatoms. The third-order valence-electron chi connectivity index (χ3n) is 4.13. The predicted octanol–water partition coefficient (Wildman–Crippen LogP) is 2.21. The zero-order valence-corrected chi connectivity index (χ0v) is 10.4. The molecule has 0 spiro atoms. The van der Waals surface area contributed by atoms with Gasteiger partial charge in [-0.15, -0.1) is 0 Å². The molecule has 1 aliphatic carbocycles. The van der Waals surface area contributed by atoms with E-state index in [2.05, 4.69) is 9.88 Å². The van der Waals surface area contributed by atoms with Crippen molar-refractivity contribution in [2.24, 2.45) is 5.73 Å². The first-order valence-electron chi connectivity index (χ1n) is 6.93. The maximum absolute atomic E-state index is 5.94. The van der Waals surface area contributed by atoms with Gasteiger partial charge in [-0.2, -0.15) is 0 Å². The van der Waals surface area contributed by atoms with Crippen LogP contribution in [0.3, 0.4) is 0 Å². The van der Waals surface area contributed by atoms with Crippen LogP contribution in [0.2, 0.25) is 0 Å². The molecular weight excluding hydrogens is 212 g/mol. The monoisotopic (exact) mass is 234 g/mol. The van der Waals surface area contributed by atoms with Crippen LogP contribution in [-0.4, -0.2) is 16.1 Å². The number of nitrogens with zero attached hydrogens (tertiary/aromatic N) is 2. The summed E-state index contributed by atoms with van der Waals surface area (Å²) in [5.41, 5.74) is 8.50. The highest BCUT2D eigenvalue weighted by Gasteiger charge is 2.25. The first-order chi connectivity index (χ1) is 8.40. The molecule has 2 aliphatic rings. The molecule has 17 heavy (non-hydrogen) atoms. The summed E-state index contributed by atoms with van der Waals surface area (Å²) < 4.78 is 2.30. The number of imidazole rings is 1. The van der Waals surface area contributed by atoms with Crippen LogP contribution in [0, 0.1) is 0 Å². The molecule has 2 heterocycles. The second-order valence-corrected chi connectivity index (χ2v) is 5.24. The van der Waals surface area contributed by atoms with Gasteiger partial charge in [-0.25, -0.2) is 4.98 Å². The first-order valence-corrected chi connectivity index (χ1v) is 6.93. The van der Waals surface area contributed by atoms with Crippen molar-refractivity contribution in [1.29, 1.82) is 0 Å². The number of nitrogens with one attached hydrogen (secondary N) is 1. The minimum atomic E-state index is 0.626. The van der Waals surface area contributed by atoms with Crippen LogP contribution in [-0.2, 0) is 13.1 Å². The van der Waals surface area contributed by atoms with Crippen LogP contribution in [0.1, 0.15) is 55.8 Å². The molecule has 0 atom stereocenters. The van der Waals surface area contributed by atoms with E-state index in [1.54, 1.807) is 0 Å². The Bertz CT molecular complexity index is 390. The lowest BCUT2D eigenvalue weighted by Crippen LogP contribution is -2.20. The second kappa shape index (κ2) is 4.69. The summed E-state index contributed by atoms with van der Waals surface area (Å²) in [7, 11) is 0. The van der Waals surface area contributed by atoms with Gasteiger partial charge >= 0.3 is 0 Å². The summed E-state index contributed by atoms with van der Waals surface area (Å²) in [6.45, 7) is 2.75. The van der Waals surface area contributed by atoms with Crippen molar-refractivity contribution >= 4 is 5.95 Å². The van der Waals surface area contributed by atoms with E-state index in [0.717, 1.165) is 19.0 Å². The molecule has 4 nitrogen and oxygen atoms in total. The Hall–Kier alpha value is -1.03. The zero-order valence-electron chi connectivity index (χ0n) is 10.4. The lowest BCUT2D eigenvalue weighted by molar-refractivity contribution is 0.434. The standard InChI is InChI=1S/C13H22N4/c14-9-11-12(10-5-2-1-3-6-10)16-13-15-7-4-8-17(11)13/h10H,1-9,14H2,(H,15,16). The van der Waals surface area contributed by atoms with Crippen LogP contribution in [0.15, 0.2) is 0 Å². The molecule has 0 unspecified atom stereocenters. The van der Waals surface area contributed by atoms with Crippen LogP contribution in [0.25, 0.3) is 0 Å². The predicted molar refractivity (Wildman–Crippen MR) is 69.1 cm³/mol. The summed E-state index contributed by atoms with van der Waals surface area (Å²) in [5, 5.41) is 3.39. The summed E-state index contributed by atoms with van der Waals surface area (Å²) in [4.78, 5) is 4.82. The van der Waals surface area contributed by atoms with Crippen molar-refractivity contribution in [2.75, 3.05) is 11.9 Å². The number of hydrogen-bond acceptors (Lipinski definition) is 3.